The van der Waals surface area contributed by atoms with Crippen molar-refractivity contribution in [2.24, 2.45) is 7.05 Å². The molecule has 1 N–H and O–H groups in total. The number of carbonyl (C=O) groups is 3. The molecule has 2 heterocycles. The summed E-state index contributed by atoms with van der Waals surface area (Å²) in [5.74, 6) is -0.807. The lowest BCUT2D eigenvalue weighted by molar-refractivity contribution is -0.127. The number of nitrogens with one attached hydrogen (secondary N) is 1. The first kappa shape index (κ1) is 25.7. The van der Waals surface area contributed by atoms with Crippen molar-refractivity contribution in [3.63, 3.8) is 0 Å². The number of nitrogens with zero attached hydrogens (tertiary/aromatic N) is 2. The van der Waals surface area contributed by atoms with Gasteiger partial charge in [-0.15, -0.1) is 11.3 Å². The Morgan fingerprint density at radius 1 is 1.08 bits per heavy atom. The van der Waals surface area contributed by atoms with E-state index in [1.54, 1.807) is 36.1 Å². The Balaban J connectivity index is 1.72. The highest BCUT2D eigenvalue weighted by Crippen LogP contribution is 2.31. The van der Waals surface area contributed by atoms with Crippen molar-refractivity contribution < 1.29 is 19.1 Å². The first-order chi connectivity index (χ1) is 17.5. The lowest BCUT2D eigenvalue weighted by atomic mass is 9.95. The van der Waals surface area contributed by atoms with Crippen molar-refractivity contribution in [1.29, 1.82) is 0 Å². The lowest BCUT2D eigenvalue weighted by Gasteiger charge is -2.33. The molecule has 1 fully saturated rings. The molecule has 0 aliphatic heterocycles. The Labute approximate surface area is 216 Å². The summed E-state index contributed by atoms with van der Waals surface area (Å²) in [7, 11) is 1.88. The Hall–Kier alpha value is -3.39. The molecule has 1 atom stereocenters. The number of rotatable bonds is 9. The van der Waals surface area contributed by atoms with E-state index in [4.69, 9.17) is 4.74 Å². The van der Waals surface area contributed by atoms with E-state index in [-0.39, 0.29) is 30.9 Å². The number of ether oxygens (including phenoxy) is 1. The summed E-state index contributed by atoms with van der Waals surface area (Å²) in [5, 5.41) is 5.16. The third-order valence-electron chi connectivity index (χ3n) is 6.55. The van der Waals surface area contributed by atoms with E-state index in [0.29, 0.717) is 11.3 Å². The highest BCUT2D eigenvalue weighted by molar-refractivity contribution is 7.10. The van der Waals surface area contributed by atoms with Crippen LogP contribution < -0.4 is 10.2 Å². The first-order valence-electron chi connectivity index (χ1n) is 12.5. The minimum Gasteiger partial charge on any atom is -0.462 e. The Morgan fingerprint density at radius 2 is 1.83 bits per heavy atom. The number of anilines is 1. The summed E-state index contributed by atoms with van der Waals surface area (Å²) < 4.78 is 6.98. The topological polar surface area (TPSA) is 80.6 Å². The summed E-state index contributed by atoms with van der Waals surface area (Å²) in [5.41, 5.74) is 1.67. The molecule has 0 radical (unpaired) electrons. The van der Waals surface area contributed by atoms with Crippen LogP contribution >= 0.6 is 11.3 Å². The van der Waals surface area contributed by atoms with Gasteiger partial charge in [0.05, 0.1) is 24.3 Å². The number of aromatic nitrogens is 1. The van der Waals surface area contributed by atoms with Crippen molar-refractivity contribution in [3.05, 3.63) is 76.2 Å². The molecule has 0 spiro atoms. The van der Waals surface area contributed by atoms with Crippen LogP contribution in [0.15, 0.2) is 60.1 Å². The van der Waals surface area contributed by atoms with E-state index in [1.807, 2.05) is 47.5 Å². The quantitative estimate of drug-likeness (QED) is 0.412. The van der Waals surface area contributed by atoms with E-state index in [9.17, 15) is 14.4 Å². The highest BCUT2D eigenvalue weighted by Gasteiger charge is 2.35. The van der Waals surface area contributed by atoms with Gasteiger partial charge < -0.3 is 14.6 Å². The van der Waals surface area contributed by atoms with E-state index in [1.165, 1.54) is 17.8 Å². The van der Waals surface area contributed by atoms with E-state index >= 15 is 0 Å². The van der Waals surface area contributed by atoms with Gasteiger partial charge in [-0.05, 0) is 67.6 Å². The molecule has 1 saturated carbocycles. The number of hydrogen-bond acceptors (Lipinski definition) is 5. The molecule has 2 aromatic heterocycles. The molecular formula is C28H33N3O4S. The molecule has 1 aromatic carbocycles. The number of amides is 2. The van der Waals surface area contributed by atoms with Crippen LogP contribution in [0.3, 0.4) is 0 Å². The molecule has 3 aromatic rings. The fraction of sp³-hybridized carbons (Fsp3) is 0.393. The van der Waals surface area contributed by atoms with Crippen LogP contribution in [-0.4, -0.2) is 35.0 Å². The second-order valence-electron chi connectivity index (χ2n) is 9.08. The summed E-state index contributed by atoms with van der Waals surface area (Å²) in [6.45, 7) is 2.04. The van der Waals surface area contributed by atoms with E-state index < -0.39 is 12.0 Å². The first-order valence-corrected chi connectivity index (χ1v) is 13.4. The van der Waals surface area contributed by atoms with Gasteiger partial charge in [0.15, 0.2) is 6.04 Å². The molecule has 1 unspecified atom stereocenters. The largest absolute Gasteiger partial charge is 0.462 e. The van der Waals surface area contributed by atoms with E-state index in [2.05, 4.69) is 5.32 Å². The molecule has 1 aliphatic rings. The maximum Gasteiger partial charge on any atom is 0.338 e. The van der Waals surface area contributed by atoms with Gasteiger partial charge in [-0.2, -0.15) is 0 Å². The van der Waals surface area contributed by atoms with E-state index in [0.717, 1.165) is 36.3 Å². The van der Waals surface area contributed by atoms with Crippen molar-refractivity contribution >= 4 is 34.8 Å². The second-order valence-corrected chi connectivity index (χ2v) is 10.1. The third-order valence-corrected chi connectivity index (χ3v) is 7.43. The molecular weight excluding hydrogens is 474 g/mol. The summed E-state index contributed by atoms with van der Waals surface area (Å²) in [4.78, 5) is 42.4. The number of benzene rings is 1. The van der Waals surface area contributed by atoms with Gasteiger partial charge in [0.2, 0.25) is 11.8 Å². The molecule has 0 bridgehead atoms. The average Bonchev–Trinajstić information content (AvgIpc) is 3.55. The minimum atomic E-state index is -0.854. The van der Waals surface area contributed by atoms with Gasteiger partial charge in [0.1, 0.15) is 0 Å². The van der Waals surface area contributed by atoms with Crippen molar-refractivity contribution in [3.8, 4) is 0 Å². The van der Waals surface area contributed by atoms with Gasteiger partial charge in [-0.25, -0.2) is 4.79 Å². The molecule has 2 amide bonds. The van der Waals surface area contributed by atoms with Crippen LogP contribution in [0.25, 0.3) is 0 Å². The van der Waals surface area contributed by atoms with Gasteiger partial charge in [0, 0.05) is 29.9 Å². The van der Waals surface area contributed by atoms with Crippen molar-refractivity contribution in [2.75, 3.05) is 11.5 Å². The van der Waals surface area contributed by atoms with Crippen LogP contribution in [0, 0.1) is 0 Å². The predicted octanol–water partition coefficient (Wildman–Crippen LogP) is 5.03. The van der Waals surface area contributed by atoms with Crippen LogP contribution in [0.5, 0.6) is 0 Å². The zero-order chi connectivity index (χ0) is 25.5. The summed E-state index contributed by atoms with van der Waals surface area (Å²) >= 11 is 1.51. The Morgan fingerprint density at radius 3 is 2.44 bits per heavy atom. The number of carbonyl (C=O) groups excluding carboxylic acids is 3. The fourth-order valence-electron chi connectivity index (χ4n) is 4.73. The second kappa shape index (κ2) is 12.0. The molecule has 0 saturated heterocycles. The molecule has 36 heavy (non-hydrogen) atoms. The lowest BCUT2D eigenvalue weighted by Crippen LogP contribution is -2.48. The Bertz CT molecular complexity index is 1160. The molecule has 8 heteroatoms. The molecule has 190 valence electrons. The number of thiophene rings is 1. The molecule has 1 aliphatic carbocycles. The zero-order valence-corrected chi connectivity index (χ0v) is 21.6. The SMILES string of the molecule is CCOC(=O)c1ccc(N(C(=O)Cc2cccs2)C(C(=O)NC2CCCCC2)c2cccn2C)cc1. The smallest absolute Gasteiger partial charge is 0.338 e. The van der Waals surface area contributed by atoms with Gasteiger partial charge in [-0.1, -0.05) is 25.3 Å². The monoisotopic (exact) mass is 507 g/mol. The third kappa shape index (κ3) is 6.05. The van der Waals surface area contributed by atoms with Crippen LogP contribution in [0.2, 0.25) is 0 Å². The maximum atomic E-state index is 13.9. The number of hydrogen-bond donors (Lipinski definition) is 1. The predicted molar refractivity (Wildman–Crippen MR) is 141 cm³/mol. The van der Waals surface area contributed by atoms with Gasteiger partial charge >= 0.3 is 5.97 Å². The summed E-state index contributed by atoms with van der Waals surface area (Å²) in [6.07, 6.45) is 7.32. The van der Waals surface area contributed by atoms with Crippen molar-refractivity contribution in [2.45, 2.75) is 57.5 Å². The van der Waals surface area contributed by atoms with Crippen molar-refractivity contribution in [1.82, 2.24) is 9.88 Å². The summed E-state index contributed by atoms with van der Waals surface area (Å²) in [6, 6.07) is 13.5. The fourth-order valence-corrected chi connectivity index (χ4v) is 5.42. The Kier molecular flexibility index (Phi) is 8.59. The normalized spacial score (nSPS) is 14.7. The molecule has 7 nitrogen and oxygen atoms in total. The van der Waals surface area contributed by atoms with Gasteiger partial charge in [-0.3, -0.25) is 14.5 Å². The van der Waals surface area contributed by atoms with Crippen LogP contribution in [-0.2, 0) is 27.8 Å². The standard InChI is InChI=1S/C28H33N3O4S/c1-3-35-28(34)20-13-15-22(16-14-20)31(25(32)19-23-11-8-18-36-23)26(24-12-7-17-30(24)2)27(33)29-21-9-5-4-6-10-21/h7-8,11-18,21,26H,3-6,9-10,19H2,1-2H3,(H,29,33). The maximum absolute atomic E-state index is 13.9. The minimum absolute atomic E-state index is 0.106. The number of esters is 1. The highest BCUT2D eigenvalue weighted by atomic mass is 32.1. The van der Waals surface area contributed by atoms with Gasteiger partial charge in [0.25, 0.3) is 0 Å². The average molecular weight is 508 g/mol. The molecule has 4 rings (SSSR count). The number of aryl methyl sites for hydroxylation is 1. The van der Waals surface area contributed by atoms with Crippen LogP contribution in [0.1, 0.15) is 66.0 Å². The zero-order valence-electron chi connectivity index (χ0n) is 20.8. The van der Waals surface area contributed by atoms with Crippen LogP contribution in [0.4, 0.5) is 5.69 Å².